The fourth-order valence-corrected chi connectivity index (χ4v) is 2.58. The van der Waals surface area contributed by atoms with E-state index in [4.69, 9.17) is 9.47 Å². The molecule has 18 heavy (non-hydrogen) atoms. The molecule has 2 aliphatic rings. The monoisotopic (exact) mass is 250 g/mol. The van der Waals surface area contributed by atoms with Gasteiger partial charge >= 0.3 is 0 Å². The van der Waals surface area contributed by atoms with Crippen LogP contribution in [-0.4, -0.2) is 37.2 Å². The number of benzene rings is 1. The summed E-state index contributed by atoms with van der Waals surface area (Å²) in [6.07, 6.45) is 4.21. The zero-order valence-corrected chi connectivity index (χ0v) is 10.8. The van der Waals surface area contributed by atoms with Crippen molar-refractivity contribution in [3.8, 4) is 11.5 Å². The Bertz CT molecular complexity index is 378. The van der Waals surface area contributed by atoms with E-state index in [-0.39, 0.29) is 12.3 Å². The molecular formula is C14H22N2O2. The highest BCUT2D eigenvalue weighted by Crippen LogP contribution is 2.31. The molecule has 0 aliphatic carbocycles. The molecule has 1 unspecified atom stereocenters. The molecule has 3 rings (SSSR count). The molecule has 1 saturated heterocycles. The first-order chi connectivity index (χ1) is 8.42. The van der Waals surface area contributed by atoms with Gasteiger partial charge in [0.15, 0.2) is 11.5 Å². The summed E-state index contributed by atoms with van der Waals surface area (Å²) < 4.78 is 11.7. The zero-order chi connectivity index (χ0) is 11.5. The van der Waals surface area contributed by atoms with Crippen LogP contribution >= 0.6 is 0 Å². The lowest BCUT2D eigenvalue weighted by atomic mass is 10.1. The number of para-hydroxylation sites is 2. The van der Waals surface area contributed by atoms with Gasteiger partial charge in [-0.05, 0) is 38.1 Å². The Labute approximate surface area is 108 Å². The van der Waals surface area contributed by atoms with Crippen LogP contribution < -0.4 is 15.6 Å². The third-order valence-electron chi connectivity index (χ3n) is 3.48. The van der Waals surface area contributed by atoms with Gasteiger partial charge in [0, 0.05) is 6.54 Å². The topological polar surface area (TPSA) is 56.7 Å². The Morgan fingerprint density at radius 2 is 1.78 bits per heavy atom. The van der Waals surface area contributed by atoms with Crippen LogP contribution in [0.5, 0.6) is 11.5 Å². The first-order valence-electron chi connectivity index (χ1n) is 6.53. The van der Waals surface area contributed by atoms with Crippen molar-refractivity contribution >= 4 is 0 Å². The average Bonchev–Trinajstić information content (AvgIpc) is 2.40. The van der Waals surface area contributed by atoms with E-state index in [1.54, 1.807) is 0 Å². The molecule has 2 heterocycles. The second kappa shape index (κ2) is 6.07. The molecule has 1 atom stereocenters. The SMILES string of the molecule is N.c1ccc2c(c1)OCC(CN1CCCCC1)O2. The van der Waals surface area contributed by atoms with Crippen molar-refractivity contribution in [2.24, 2.45) is 0 Å². The van der Waals surface area contributed by atoms with E-state index in [1.807, 2.05) is 24.3 Å². The van der Waals surface area contributed by atoms with Crippen molar-refractivity contribution < 1.29 is 9.47 Å². The number of rotatable bonds is 2. The van der Waals surface area contributed by atoms with Crippen molar-refractivity contribution in [3.63, 3.8) is 0 Å². The van der Waals surface area contributed by atoms with E-state index in [2.05, 4.69) is 4.90 Å². The van der Waals surface area contributed by atoms with Gasteiger partial charge in [0.05, 0.1) is 0 Å². The Hall–Kier alpha value is -1.26. The zero-order valence-electron chi connectivity index (χ0n) is 10.8. The second-order valence-electron chi connectivity index (χ2n) is 4.86. The number of nitrogens with zero attached hydrogens (tertiary/aromatic N) is 1. The van der Waals surface area contributed by atoms with Crippen molar-refractivity contribution in [1.29, 1.82) is 0 Å². The lowest BCUT2D eigenvalue weighted by Crippen LogP contribution is -2.42. The van der Waals surface area contributed by atoms with Gasteiger partial charge < -0.3 is 15.6 Å². The van der Waals surface area contributed by atoms with Crippen LogP contribution in [0.1, 0.15) is 19.3 Å². The van der Waals surface area contributed by atoms with Crippen LogP contribution in [0.25, 0.3) is 0 Å². The molecule has 4 nitrogen and oxygen atoms in total. The molecule has 0 amide bonds. The maximum atomic E-state index is 5.97. The van der Waals surface area contributed by atoms with Crippen LogP contribution in [0.4, 0.5) is 0 Å². The van der Waals surface area contributed by atoms with Crippen LogP contribution in [-0.2, 0) is 0 Å². The molecule has 0 aromatic heterocycles. The quantitative estimate of drug-likeness (QED) is 0.876. The highest BCUT2D eigenvalue weighted by molar-refractivity contribution is 5.40. The number of hydrogen-bond donors (Lipinski definition) is 1. The fourth-order valence-electron chi connectivity index (χ4n) is 2.58. The standard InChI is InChI=1S/C14H19NO2.H3N/c1-4-8-15(9-5-1)10-12-11-16-13-6-2-3-7-14(13)17-12;/h2-3,6-7,12H,1,4-5,8-11H2;1H3. The predicted molar refractivity (Wildman–Crippen MR) is 71.7 cm³/mol. The first kappa shape index (κ1) is 13.2. The molecule has 0 bridgehead atoms. The summed E-state index contributed by atoms with van der Waals surface area (Å²) in [5.41, 5.74) is 0. The minimum absolute atomic E-state index is 0. The van der Waals surface area contributed by atoms with E-state index < -0.39 is 0 Å². The summed E-state index contributed by atoms with van der Waals surface area (Å²) in [5.74, 6) is 1.77. The van der Waals surface area contributed by atoms with E-state index in [0.717, 1.165) is 18.0 Å². The Morgan fingerprint density at radius 1 is 1.06 bits per heavy atom. The summed E-state index contributed by atoms with van der Waals surface area (Å²) >= 11 is 0. The van der Waals surface area contributed by atoms with Crippen molar-refractivity contribution in [1.82, 2.24) is 11.1 Å². The summed E-state index contributed by atoms with van der Waals surface area (Å²) in [6.45, 7) is 4.09. The normalized spacial score (nSPS) is 23.2. The van der Waals surface area contributed by atoms with Crippen molar-refractivity contribution in [2.45, 2.75) is 25.4 Å². The molecule has 1 aromatic carbocycles. The van der Waals surface area contributed by atoms with Crippen LogP contribution in [0, 0.1) is 0 Å². The lowest BCUT2D eigenvalue weighted by Gasteiger charge is -2.33. The molecule has 4 heteroatoms. The molecular weight excluding hydrogens is 228 g/mol. The van der Waals surface area contributed by atoms with Crippen LogP contribution in [0.15, 0.2) is 24.3 Å². The Kier molecular flexibility index (Phi) is 4.44. The Morgan fingerprint density at radius 3 is 2.56 bits per heavy atom. The molecule has 0 radical (unpaired) electrons. The number of ether oxygens (including phenoxy) is 2. The highest BCUT2D eigenvalue weighted by atomic mass is 16.6. The molecule has 100 valence electrons. The van der Waals surface area contributed by atoms with Gasteiger partial charge in [0.2, 0.25) is 0 Å². The van der Waals surface area contributed by atoms with E-state index in [9.17, 15) is 0 Å². The summed E-state index contributed by atoms with van der Waals surface area (Å²) in [4.78, 5) is 2.49. The van der Waals surface area contributed by atoms with Gasteiger partial charge in [-0.1, -0.05) is 18.6 Å². The highest BCUT2D eigenvalue weighted by Gasteiger charge is 2.23. The van der Waals surface area contributed by atoms with Crippen LogP contribution in [0.3, 0.4) is 0 Å². The van der Waals surface area contributed by atoms with Crippen molar-refractivity contribution in [2.75, 3.05) is 26.2 Å². The molecule has 3 N–H and O–H groups in total. The van der Waals surface area contributed by atoms with Gasteiger partial charge in [0.25, 0.3) is 0 Å². The molecule has 0 saturated carbocycles. The minimum atomic E-state index is 0. The smallest absolute Gasteiger partial charge is 0.161 e. The average molecular weight is 250 g/mol. The Balaban J connectivity index is 0.00000120. The molecule has 1 aromatic rings. The molecule has 2 aliphatic heterocycles. The number of hydrogen-bond acceptors (Lipinski definition) is 4. The van der Waals surface area contributed by atoms with Gasteiger partial charge in [-0.2, -0.15) is 0 Å². The first-order valence-corrected chi connectivity index (χ1v) is 6.53. The molecule has 0 spiro atoms. The summed E-state index contributed by atoms with van der Waals surface area (Å²) in [7, 11) is 0. The van der Waals surface area contributed by atoms with Crippen molar-refractivity contribution in [3.05, 3.63) is 24.3 Å². The van der Waals surface area contributed by atoms with E-state index in [1.165, 1.54) is 32.4 Å². The van der Waals surface area contributed by atoms with Gasteiger partial charge in [-0.15, -0.1) is 0 Å². The largest absolute Gasteiger partial charge is 0.486 e. The second-order valence-corrected chi connectivity index (χ2v) is 4.86. The fraction of sp³-hybridized carbons (Fsp3) is 0.571. The number of likely N-dealkylation sites (tertiary alicyclic amines) is 1. The number of fused-ring (bicyclic) bond motifs is 1. The maximum absolute atomic E-state index is 5.97. The van der Waals surface area contributed by atoms with E-state index >= 15 is 0 Å². The van der Waals surface area contributed by atoms with Crippen LogP contribution in [0.2, 0.25) is 0 Å². The van der Waals surface area contributed by atoms with E-state index in [0.29, 0.717) is 6.61 Å². The van der Waals surface area contributed by atoms with Gasteiger partial charge in [0.1, 0.15) is 12.7 Å². The third-order valence-corrected chi connectivity index (χ3v) is 3.48. The third kappa shape index (κ3) is 2.94. The lowest BCUT2D eigenvalue weighted by molar-refractivity contribution is 0.0533. The van der Waals surface area contributed by atoms with Gasteiger partial charge in [-0.3, -0.25) is 4.90 Å². The predicted octanol–water partition coefficient (Wildman–Crippen LogP) is 2.47. The summed E-state index contributed by atoms with van der Waals surface area (Å²) in [5, 5.41) is 0. The summed E-state index contributed by atoms with van der Waals surface area (Å²) in [6, 6.07) is 7.92. The molecule has 1 fully saturated rings. The number of piperidine rings is 1. The van der Waals surface area contributed by atoms with Gasteiger partial charge in [-0.25, -0.2) is 0 Å². The maximum Gasteiger partial charge on any atom is 0.161 e. The minimum Gasteiger partial charge on any atom is -0.486 e.